The summed E-state index contributed by atoms with van der Waals surface area (Å²) >= 11 is 7.31. The first-order valence-corrected chi connectivity index (χ1v) is 17.6. The molecule has 3 fully saturated rings. The normalized spacial score (nSPS) is 24.6. The van der Waals surface area contributed by atoms with Gasteiger partial charge in [0.2, 0.25) is 5.91 Å². The number of aromatic nitrogens is 3. The molecule has 2 unspecified atom stereocenters. The van der Waals surface area contributed by atoms with Gasteiger partial charge in [0, 0.05) is 68.9 Å². The standard InChI is InChI=1S/C31H41Br2N9O3/c1-37-13-9-22(10-14-37)38-16-18-39(19-17-38)28(43)25(20-32)41(23-6-3-2-4-7-23)30(45)40-15-11-31(34,26(33)21-40)42-27-24(36-29(42)44)8-5-12-35-27/h2-8,12,22,25-26H,9-11,13-21,34H2,1H3,(H,36,44)/t25-,26?,31?/m0/s1. The number of hydrogen-bond donors (Lipinski definition) is 2. The number of carbonyl (C=O) groups excluding carboxylic acids is 2. The lowest BCUT2D eigenvalue weighted by Gasteiger charge is -2.46. The summed E-state index contributed by atoms with van der Waals surface area (Å²) in [6.07, 6.45) is 4.25. The van der Waals surface area contributed by atoms with Gasteiger partial charge in [0.1, 0.15) is 11.7 Å². The highest BCUT2D eigenvalue weighted by Crippen LogP contribution is 2.33. The van der Waals surface area contributed by atoms with Crippen LogP contribution < -0.4 is 16.3 Å². The number of rotatable bonds is 6. The lowest BCUT2D eigenvalue weighted by molar-refractivity contribution is -0.134. The van der Waals surface area contributed by atoms with Crippen molar-refractivity contribution in [2.75, 3.05) is 69.6 Å². The Kier molecular flexibility index (Phi) is 9.67. The molecule has 242 valence electrons. The molecule has 3 aliphatic heterocycles. The number of fused-ring (bicyclic) bond motifs is 1. The molecule has 0 aliphatic carbocycles. The number of pyridine rings is 1. The van der Waals surface area contributed by atoms with Gasteiger partial charge < -0.3 is 25.4 Å². The van der Waals surface area contributed by atoms with Crippen LogP contribution in [0.1, 0.15) is 19.3 Å². The van der Waals surface area contributed by atoms with E-state index in [0.29, 0.717) is 54.3 Å². The Labute approximate surface area is 279 Å². The molecule has 14 heteroatoms. The van der Waals surface area contributed by atoms with Crippen LogP contribution in [0.2, 0.25) is 0 Å². The van der Waals surface area contributed by atoms with E-state index in [2.05, 4.69) is 58.7 Å². The average molecular weight is 748 g/mol. The van der Waals surface area contributed by atoms with Gasteiger partial charge in [0.05, 0.1) is 10.3 Å². The molecule has 6 rings (SSSR count). The van der Waals surface area contributed by atoms with E-state index in [-0.39, 0.29) is 24.2 Å². The number of amides is 3. The van der Waals surface area contributed by atoms with E-state index in [1.807, 2.05) is 35.2 Å². The van der Waals surface area contributed by atoms with Crippen molar-refractivity contribution in [1.82, 2.24) is 34.1 Å². The van der Waals surface area contributed by atoms with Crippen molar-refractivity contribution in [3.63, 3.8) is 0 Å². The number of para-hydroxylation sites is 1. The van der Waals surface area contributed by atoms with Gasteiger partial charge in [-0.1, -0.05) is 50.1 Å². The molecular formula is C31H41Br2N9O3. The molecule has 3 saturated heterocycles. The number of likely N-dealkylation sites (tertiary alicyclic amines) is 2. The van der Waals surface area contributed by atoms with Crippen LogP contribution in [0.25, 0.3) is 11.2 Å². The molecule has 3 atom stereocenters. The lowest BCUT2D eigenvalue weighted by atomic mass is 9.97. The van der Waals surface area contributed by atoms with Crippen LogP contribution in [0.3, 0.4) is 0 Å². The van der Waals surface area contributed by atoms with E-state index in [9.17, 15) is 14.4 Å². The number of alkyl halides is 2. The van der Waals surface area contributed by atoms with Gasteiger partial charge >= 0.3 is 11.7 Å². The van der Waals surface area contributed by atoms with Crippen LogP contribution in [0.15, 0.2) is 53.5 Å². The van der Waals surface area contributed by atoms with Crippen molar-refractivity contribution in [2.45, 2.75) is 41.8 Å². The Morgan fingerprint density at radius 2 is 1.76 bits per heavy atom. The summed E-state index contributed by atoms with van der Waals surface area (Å²) in [4.78, 5) is 58.4. The van der Waals surface area contributed by atoms with Crippen LogP contribution >= 0.6 is 31.9 Å². The molecule has 0 bridgehead atoms. The van der Waals surface area contributed by atoms with Crippen LogP contribution in [0.5, 0.6) is 0 Å². The number of hydrogen-bond acceptors (Lipinski definition) is 7. The molecule has 12 nitrogen and oxygen atoms in total. The predicted octanol–water partition coefficient (Wildman–Crippen LogP) is 2.43. The number of nitrogens with two attached hydrogens (primary N) is 1. The number of urea groups is 1. The van der Waals surface area contributed by atoms with E-state index in [0.717, 1.165) is 39.0 Å². The van der Waals surface area contributed by atoms with Gasteiger partial charge in [0.25, 0.3) is 0 Å². The summed E-state index contributed by atoms with van der Waals surface area (Å²) in [5.41, 5.74) is 7.19. The van der Waals surface area contributed by atoms with Gasteiger partial charge in [-0.2, -0.15) is 0 Å². The number of nitrogens with one attached hydrogen (secondary N) is 1. The average Bonchev–Trinajstić information content (AvgIpc) is 3.41. The third kappa shape index (κ3) is 6.31. The Morgan fingerprint density at radius 3 is 2.42 bits per heavy atom. The highest BCUT2D eigenvalue weighted by molar-refractivity contribution is 9.09. The number of benzene rings is 1. The van der Waals surface area contributed by atoms with Gasteiger partial charge in [-0.15, -0.1) is 0 Å². The zero-order valence-corrected chi connectivity index (χ0v) is 28.7. The van der Waals surface area contributed by atoms with Crippen molar-refractivity contribution in [3.05, 3.63) is 59.1 Å². The van der Waals surface area contributed by atoms with Gasteiger partial charge in [0.15, 0.2) is 5.65 Å². The fourth-order valence-corrected chi connectivity index (χ4v) is 8.30. The zero-order valence-electron chi connectivity index (χ0n) is 25.5. The highest BCUT2D eigenvalue weighted by Gasteiger charge is 2.46. The Hall–Kier alpha value is -2.78. The number of piperidine rings is 2. The summed E-state index contributed by atoms with van der Waals surface area (Å²) in [5, 5.41) is 0.296. The predicted molar refractivity (Wildman–Crippen MR) is 182 cm³/mol. The molecule has 0 saturated carbocycles. The first-order chi connectivity index (χ1) is 21.7. The van der Waals surface area contributed by atoms with Crippen molar-refractivity contribution in [2.24, 2.45) is 5.73 Å². The summed E-state index contributed by atoms with van der Waals surface area (Å²) in [7, 11) is 2.17. The van der Waals surface area contributed by atoms with E-state index >= 15 is 0 Å². The third-order valence-corrected chi connectivity index (χ3v) is 11.3. The second kappa shape index (κ2) is 13.5. The fraction of sp³-hybridized carbons (Fsp3) is 0.548. The number of halogens is 2. The first kappa shape index (κ1) is 32.2. The maximum Gasteiger partial charge on any atom is 0.329 e. The largest absolute Gasteiger partial charge is 0.338 e. The molecule has 2 aromatic heterocycles. The van der Waals surface area contributed by atoms with Crippen molar-refractivity contribution in [1.29, 1.82) is 0 Å². The highest BCUT2D eigenvalue weighted by atomic mass is 79.9. The number of piperazine rings is 1. The molecular weight excluding hydrogens is 706 g/mol. The van der Waals surface area contributed by atoms with E-state index in [1.165, 1.54) is 4.57 Å². The summed E-state index contributed by atoms with van der Waals surface area (Å²) in [6.45, 7) is 5.71. The SMILES string of the molecule is CN1CCC(N2CCN(C(=O)[C@H](CBr)N(C(=O)N3CCC(N)(n4c(=O)[nH]c5cccnc54)C(Br)C3)c3ccccc3)CC2)CC1. The van der Waals surface area contributed by atoms with E-state index in [1.54, 1.807) is 28.1 Å². The number of aromatic amines is 1. The molecule has 5 heterocycles. The van der Waals surface area contributed by atoms with Gasteiger partial charge in [-0.3, -0.25) is 19.2 Å². The Balaban J connectivity index is 1.19. The maximum absolute atomic E-state index is 14.4. The van der Waals surface area contributed by atoms with Crippen molar-refractivity contribution in [3.8, 4) is 0 Å². The smallest absolute Gasteiger partial charge is 0.329 e. The molecule has 3 N–H and O–H groups in total. The maximum atomic E-state index is 14.4. The second-order valence-electron chi connectivity index (χ2n) is 12.3. The minimum absolute atomic E-state index is 0.0656. The first-order valence-electron chi connectivity index (χ1n) is 15.6. The van der Waals surface area contributed by atoms with Gasteiger partial charge in [-0.25, -0.2) is 14.6 Å². The molecule has 3 aliphatic rings. The van der Waals surface area contributed by atoms with E-state index < -0.39 is 16.5 Å². The molecule has 3 amide bonds. The number of H-pyrrole nitrogens is 1. The van der Waals surface area contributed by atoms with Crippen molar-refractivity contribution >= 4 is 60.6 Å². The number of nitrogens with zero attached hydrogens (tertiary/aromatic N) is 7. The Morgan fingerprint density at radius 1 is 1.04 bits per heavy atom. The molecule has 1 aromatic carbocycles. The number of carbonyl (C=O) groups is 2. The molecule has 45 heavy (non-hydrogen) atoms. The van der Waals surface area contributed by atoms with Gasteiger partial charge in [-0.05, 0) is 57.2 Å². The molecule has 0 spiro atoms. The summed E-state index contributed by atoms with van der Waals surface area (Å²) in [5.74, 6) is -0.0656. The monoisotopic (exact) mass is 745 g/mol. The minimum Gasteiger partial charge on any atom is -0.338 e. The van der Waals surface area contributed by atoms with Crippen LogP contribution in [0.4, 0.5) is 10.5 Å². The van der Waals surface area contributed by atoms with Crippen LogP contribution in [0, 0.1) is 0 Å². The second-order valence-corrected chi connectivity index (χ2v) is 14.1. The Bertz CT molecular complexity index is 1550. The fourth-order valence-electron chi connectivity index (χ4n) is 6.95. The topological polar surface area (TPSA) is 127 Å². The number of imidazole rings is 1. The minimum atomic E-state index is -1.11. The quantitative estimate of drug-likeness (QED) is 0.372. The summed E-state index contributed by atoms with van der Waals surface area (Å²) < 4.78 is 1.49. The lowest BCUT2D eigenvalue weighted by Crippen LogP contribution is -2.65. The molecule has 3 aromatic rings. The van der Waals surface area contributed by atoms with Crippen LogP contribution in [-0.2, 0) is 10.5 Å². The molecule has 0 radical (unpaired) electrons. The van der Waals surface area contributed by atoms with Crippen molar-refractivity contribution < 1.29 is 9.59 Å². The van der Waals surface area contributed by atoms with Crippen LogP contribution in [-0.4, -0.2) is 128 Å². The summed E-state index contributed by atoms with van der Waals surface area (Å²) in [6, 6.07) is 12.5. The number of anilines is 1. The third-order valence-electron chi connectivity index (χ3n) is 9.65. The zero-order chi connectivity index (χ0) is 31.7. The van der Waals surface area contributed by atoms with E-state index in [4.69, 9.17) is 5.73 Å².